The molecule has 0 aromatic carbocycles. The van der Waals surface area contributed by atoms with Gasteiger partial charge >= 0.3 is 23.9 Å². The molecule has 0 spiro atoms. The second kappa shape index (κ2) is 9.98. The van der Waals surface area contributed by atoms with Crippen LogP contribution in [0.1, 0.15) is 27.7 Å². The van der Waals surface area contributed by atoms with E-state index >= 15 is 0 Å². The number of carbonyl (C=O) groups is 4. The normalized spacial score (nSPS) is 27.5. The van der Waals surface area contributed by atoms with Gasteiger partial charge in [-0.25, -0.2) is 0 Å². The average molecular weight is 420 g/mol. The summed E-state index contributed by atoms with van der Waals surface area (Å²) in [5, 5.41) is 0. The molecule has 0 saturated carbocycles. The summed E-state index contributed by atoms with van der Waals surface area (Å²) in [6.45, 7) is 10.1. The van der Waals surface area contributed by atoms with Crippen molar-refractivity contribution >= 4 is 32.2 Å². The lowest BCUT2D eigenvalue weighted by Crippen LogP contribution is -2.64. The van der Waals surface area contributed by atoms with Gasteiger partial charge in [-0.3, -0.25) is 19.2 Å². The lowest BCUT2D eigenvalue weighted by atomic mass is 9.98. The quantitative estimate of drug-likeness (QED) is 0.333. The Balaban J connectivity index is 3.33. The van der Waals surface area contributed by atoms with Crippen LogP contribution in [0.2, 0.25) is 19.6 Å². The summed E-state index contributed by atoms with van der Waals surface area (Å²) in [5.41, 5.74) is 0. The molecule has 11 heteroatoms. The van der Waals surface area contributed by atoms with E-state index < -0.39 is 62.9 Å². The highest BCUT2D eigenvalue weighted by molar-refractivity contribution is 6.69. The molecule has 10 nitrogen and oxygen atoms in total. The number of esters is 4. The Bertz CT molecular complexity index is 599. The van der Waals surface area contributed by atoms with E-state index in [4.69, 9.17) is 28.1 Å². The number of hydrogen-bond donors (Lipinski definition) is 0. The second-order valence-electron chi connectivity index (χ2n) is 7.30. The van der Waals surface area contributed by atoms with Crippen LogP contribution in [0.25, 0.3) is 0 Å². The first kappa shape index (κ1) is 24.1. The molecule has 0 aliphatic carbocycles. The maximum absolute atomic E-state index is 11.7. The van der Waals surface area contributed by atoms with Crippen molar-refractivity contribution in [2.24, 2.45) is 0 Å². The number of hydrogen-bond acceptors (Lipinski definition) is 10. The van der Waals surface area contributed by atoms with Crippen LogP contribution in [0, 0.1) is 0 Å². The first-order chi connectivity index (χ1) is 12.8. The molecule has 5 atom stereocenters. The molecule has 1 rings (SSSR count). The summed E-state index contributed by atoms with van der Waals surface area (Å²) in [4.78, 5) is 46.2. The van der Waals surface area contributed by atoms with Crippen molar-refractivity contribution in [3.05, 3.63) is 0 Å². The molecule has 1 heterocycles. The van der Waals surface area contributed by atoms with Crippen LogP contribution in [-0.4, -0.2) is 69.5 Å². The molecule has 1 fully saturated rings. The minimum absolute atomic E-state index is 0.274. The Kier molecular flexibility index (Phi) is 8.58. The zero-order valence-electron chi connectivity index (χ0n) is 17.2. The maximum Gasteiger partial charge on any atom is 0.303 e. The first-order valence-electron chi connectivity index (χ1n) is 8.78. The molecule has 0 amide bonds. The Hall–Kier alpha value is -1.98. The Labute approximate surface area is 164 Å². The molecule has 160 valence electrons. The fourth-order valence-electron chi connectivity index (χ4n) is 2.63. The molecule has 1 aliphatic rings. The van der Waals surface area contributed by atoms with Crippen LogP contribution in [0.5, 0.6) is 0 Å². The van der Waals surface area contributed by atoms with Crippen LogP contribution in [0.15, 0.2) is 0 Å². The maximum atomic E-state index is 11.7. The van der Waals surface area contributed by atoms with E-state index in [-0.39, 0.29) is 6.61 Å². The third kappa shape index (κ3) is 7.95. The summed E-state index contributed by atoms with van der Waals surface area (Å²) in [6.07, 6.45) is -5.66. The molecule has 28 heavy (non-hydrogen) atoms. The van der Waals surface area contributed by atoms with E-state index in [2.05, 4.69) is 0 Å². The van der Waals surface area contributed by atoms with Gasteiger partial charge in [0, 0.05) is 27.7 Å². The van der Waals surface area contributed by atoms with Crippen LogP contribution in [0.3, 0.4) is 0 Å². The Morgan fingerprint density at radius 1 is 0.750 bits per heavy atom. The van der Waals surface area contributed by atoms with E-state index in [1.54, 1.807) is 0 Å². The number of carbonyl (C=O) groups excluding carboxylic acids is 4. The summed E-state index contributed by atoms with van der Waals surface area (Å²) in [7, 11) is -2.21. The lowest BCUT2D eigenvalue weighted by Gasteiger charge is -2.45. The zero-order valence-corrected chi connectivity index (χ0v) is 18.2. The standard InChI is InChI=1S/C17H28O10Si/c1-9(18)22-8-13-14(23-10(2)19)15(24-11(3)20)16(25-12(4)21)17(26-13)27-28(5,6)7/h13-17H,8H2,1-7H3/t13?,14-,15?,16?,17?/m1/s1. The molecule has 0 bridgehead atoms. The van der Waals surface area contributed by atoms with Crippen molar-refractivity contribution in [2.75, 3.05) is 6.61 Å². The minimum Gasteiger partial charge on any atom is -0.463 e. The fourth-order valence-corrected chi connectivity index (χ4v) is 3.52. The summed E-state index contributed by atoms with van der Waals surface area (Å²) in [6, 6.07) is 0. The topological polar surface area (TPSA) is 124 Å². The van der Waals surface area contributed by atoms with Gasteiger partial charge in [0.25, 0.3) is 0 Å². The highest BCUT2D eigenvalue weighted by Gasteiger charge is 2.53. The Morgan fingerprint density at radius 2 is 1.21 bits per heavy atom. The van der Waals surface area contributed by atoms with Crippen LogP contribution < -0.4 is 0 Å². The SMILES string of the molecule is CC(=O)OCC1OC(O[Si](C)(C)C)C(OC(C)=O)C(OC(C)=O)[C@@H]1OC(C)=O. The first-order valence-corrected chi connectivity index (χ1v) is 12.2. The number of rotatable bonds is 7. The monoisotopic (exact) mass is 420 g/mol. The van der Waals surface area contributed by atoms with Gasteiger partial charge in [0.15, 0.2) is 32.9 Å². The molecular formula is C17H28O10Si. The van der Waals surface area contributed by atoms with Gasteiger partial charge < -0.3 is 28.1 Å². The van der Waals surface area contributed by atoms with Crippen LogP contribution in [0.4, 0.5) is 0 Å². The van der Waals surface area contributed by atoms with E-state index in [1.165, 1.54) is 27.7 Å². The predicted octanol–water partition coefficient (Wildman–Crippen LogP) is 0.921. The third-order valence-electron chi connectivity index (χ3n) is 3.42. The summed E-state index contributed by atoms with van der Waals surface area (Å²) >= 11 is 0. The molecular weight excluding hydrogens is 392 g/mol. The zero-order chi connectivity index (χ0) is 21.6. The lowest BCUT2D eigenvalue weighted by molar-refractivity contribution is -0.290. The van der Waals surface area contributed by atoms with Gasteiger partial charge in [-0.2, -0.15) is 0 Å². The summed E-state index contributed by atoms with van der Waals surface area (Å²) < 4.78 is 32.7. The van der Waals surface area contributed by atoms with Gasteiger partial charge in [-0.1, -0.05) is 0 Å². The van der Waals surface area contributed by atoms with E-state index in [0.29, 0.717) is 0 Å². The van der Waals surface area contributed by atoms with Crippen molar-refractivity contribution in [2.45, 2.75) is 78.0 Å². The average Bonchev–Trinajstić information content (AvgIpc) is 2.48. The highest BCUT2D eigenvalue weighted by Crippen LogP contribution is 2.31. The molecule has 1 saturated heterocycles. The smallest absolute Gasteiger partial charge is 0.303 e. The molecule has 4 unspecified atom stereocenters. The van der Waals surface area contributed by atoms with E-state index in [1.807, 2.05) is 19.6 Å². The number of ether oxygens (including phenoxy) is 5. The van der Waals surface area contributed by atoms with Crippen LogP contribution in [-0.2, 0) is 47.3 Å². The molecule has 0 N–H and O–H groups in total. The molecule has 1 aliphatic heterocycles. The van der Waals surface area contributed by atoms with Gasteiger partial charge in [0.05, 0.1) is 0 Å². The van der Waals surface area contributed by atoms with Crippen molar-refractivity contribution in [3.8, 4) is 0 Å². The van der Waals surface area contributed by atoms with Crippen molar-refractivity contribution < 1.29 is 47.3 Å². The van der Waals surface area contributed by atoms with E-state index in [0.717, 1.165) is 0 Å². The van der Waals surface area contributed by atoms with Gasteiger partial charge in [0.1, 0.15) is 12.7 Å². The molecule has 0 aromatic heterocycles. The van der Waals surface area contributed by atoms with Crippen molar-refractivity contribution in [3.63, 3.8) is 0 Å². The van der Waals surface area contributed by atoms with Gasteiger partial charge in [0.2, 0.25) is 0 Å². The second-order valence-corrected chi connectivity index (χ2v) is 11.8. The third-order valence-corrected chi connectivity index (χ3v) is 4.36. The highest BCUT2D eigenvalue weighted by atomic mass is 28.4. The fraction of sp³-hybridized carbons (Fsp3) is 0.765. The van der Waals surface area contributed by atoms with Crippen molar-refractivity contribution in [1.29, 1.82) is 0 Å². The minimum atomic E-state index is -2.21. The van der Waals surface area contributed by atoms with Crippen molar-refractivity contribution in [1.82, 2.24) is 0 Å². The molecule has 0 aromatic rings. The van der Waals surface area contributed by atoms with E-state index in [9.17, 15) is 19.2 Å². The van der Waals surface area contributed by atoms with Gasteiger partial charge in [-0.15, -0.1) is 0 Å². The predicted molar refractivity (Wildman–Crippen MR) is 96.4 cm³/mol. The summed E-state index contributed by atoms with van der Waals surface area (Å²) in [5.74, 6) is -2.59. The van der Waals surface area contributed by atoms with Gasteiger partial charge in [-0.05, 0) is 19.6 Å². The van der Waals surface area contributed by atoms with Crippen LogP contribution >= 0.6 is 0 Å². The molecule has 0 radical (unpaired) electrons. The largest absolute Gasteiger partial charge is 0.463 e. The Morgan fingerprint density at radius 3 is 1.64 bits per heavy atom.